The third-order valence-electron chi connectivity index (χ3n) is 3.55. The van der Waals surface area contributed by atoms with E-state index in [4.69, 9.17) is 4.74 Å². The summed E-state index contributed by atoms with van der Waals surface area (Å²) in [6.45, 7) is 10.0. The number of fused-ring (bicyclic) bond motifs is 1. The molecule has 0 saturated heterocycles. The summed E-state index contributed by atoms with van der Waals surface area (Å²) in [5.41, 5.74) is 0.976. The van der Waals surface area contributed by atoms with Crippen molar-refractivity contribution in [2.24, 2.45) is 5.41 Å². The van der Waals surface area contributed by atoms with E-state index in [-0.39, 0.29) is 11.8 Å². The number of rotatable bonds is 3. The van der Waals surface area contributed by atoms with Gasteiger partial charge in [-0.05, 0) is 25.5 Å². The van der Waals surface area contributed by atoms with Crippen LogP contribution in [-0.2, 0) is 9.59 Å². The zero-order valence-electron chi connectivity index (χ0n) is 13.9. The number of hydrogen-bond acceptors (Lipinski definition) is 3. The first-order valence-electron chi connectivity index (χ1n) is 7.67. The van der Waals surface area contributed by atoms with Gasteiger partial charge in [0.15, 0.2) is 6.10 Å². The lowest BCUT2D eigenvalue weighted by Gasteiger charge is -2.33. The van der Waals surface area contributed by atoms with Gasteiger partial charge >= 0.3 is 0 Å². The van der Waals surface area contributed by atoms with Gasteiger partial charge < -0.3 is 15.0 Å². The molecule has 1 heterocycles. The Morgan fingerprint density at radius 1 is 1.36 bits per heavy atom. The van der Waals surface area contributed by atoms with Crippen LogP contribution in [-0.4, -0.2) is 24.5 Å². The Labute approximate surface area is 131 Å². The highest BCUT2D eigenvalue weighted by Crippen LogP contribution is 2.36. The van der Waals surface area contributed by atoms with Gasteiger partial charge in [-0.2, -0.15) is 0 Å². The Bertz CT molecular complexity index is 590. The monoisotopic (exact) mass is 304 g/mol. The second-order valence-electron chi connectivity index (χ2n) is 6.64. The lowest BCUT2D eigenvalue weighted by atomic mass is 9.95. The minimum Gasteiger partial charge on any atom is -0.479 e. The van der Waals surface area contributed by atoms with Gasteiger partial charge in [0, 0.05) is 23.7 Å². The molecule has 0 spiro atoms. The van der Waals surface area contributed by atoms with E-state index in [1.54, 1.807) is 24.0 Å². The second-order valence-corrected chi connectivity index (χ2v) is 6.64. The van der Waals surface area contributed by atoms with Crippen molar-refractivity contribution in [1.82, 2.24) is 0 Å². The van der Waals surface area contributed by atoms with E-state index >= 15 is 0 Å². The van der Waals surface area contributed by atoms with Crippen molar-refractivity contribution in [2.45, 2.75) is 47.1 Å². The normalized spacial score (nSPS) is 17.8. The minimum atomic E-state index is -0.507. The molecule has 120 valence electrons. The van der Waals surface area contributed by atoms with E-state index in [2.05, 4.69) is 5.32 Å². The fourth-order valence-corrected chi connectivity index (χ4v) is 2.26. The number of nitrogens with zero attached hydrogens (tertiary/aromatic N) is 1. The Morgan fingerprint density at radius 3 is 2.64 bits per heavy atom. The number of hydrogen-bond donors (Lipinski definition) is 1. The lowest BCUT2D eigenvalue weighted by molar-refractivity contribution is -0.125. The maximum atomic E-state index is 12.2. The first-order chi connectivity index (χ1) is 10.2. The Morgan fingerprint density at radius 2 is 2.05 bits per heavy atom. The molecule has 2 amide bonds. The van der Waals surface area contributed by atoms with E-state index in [9.17, 15) is 9.59 Å². The number of benzene rings is 1. The maximum Gasteiger partial charge on any atom is 0.267 e. The van der Waals surface area contributed by atoms with Crippen LogP contribution in [0.4, 0.5) is 11.4 Å². The van der Waals surface area contributed by atoms with Crippen molar-refractivity contribution in [1.29, 1.82) is 0 Å². The van der Waals surface area contributed by atoms with Crippen LogP contribution >= 0.6 is 0 Å². The minimum absolute atomic E-state index is 0.0270. The van der Waals surface area contributed by atoms with E-state index < -0.39 is 11.5 Å². The molecule has 5 heteroatoms. The van der Waals surface area contributed by atoms with Crippen LogP contribution in [0.2, 0.25) is 0 Å². The standard InChI is InChI=1S/C17H24N2O3/c1-6-9-19-13-8-7-12(18-16(21)17(3,4)5)10-14(13)22-11(2)15(19)20/h7-8,10-11H,6,9H2,1-5H3,(H,18,21). The van der Waals surface area contributed by atoms with Crippen LogP contribution in [0, 0.1) is 5.41 Å². The Kier molecular flexibility index (Phi) is 4.44. The molecular weight excluding hydrogens is 280 g/mol. The predicted octanol–water partition coefficient (Wildman–Crippen LogP) is 3.20. The van der Waals surface area contributed by atoms with E-state index in [1.807, 2.05) is 33.8 Å². The molecule has 0 bridgehead atoms. The topological polar surface area (TPSA) is 58.6 Å². The Hall–Kier alpha value is -2.04. The lowest BCUT2D eigenvalue weighted by Crippen LogP contribution is -2.44. The summed E-state index contributed by atoms with van der Waals surface area (Å²) in [5.74, 6) is 0.547. The van der Waals surface area contributed by atoms with Crippen LogP contribution in [0.15, 0.2) is 18.2 Å². The van der Waals surface area contributed by atoms with Crippen molar-refractivity contribution in [3.8, 4) is 5.75 Å². The number of amides is 2. The predicted molar refractivity (Wildman–Crippen MR) is 87.3 cm³/mol. The molecule has 1 atom stereocenters. The van der Waals surface area contributed by atoms with Crippen molar-refractivity contribution in [2.75, 3.05) is 16.8 Å². The number of ether oxygens (including phenoxy) is 1. The van der Waals surface area contributed by atoms with Gasteiger partial charge in [0.1, 0.15) is 5.75 Å². The van der Waals surface area contributed by atoms with Crippen molar-refractivity contribution in [3.05, 3.63) is 18.2 Å². The van der Waals surface area contributed by atoms with Gasteiger partial charge in [0.2, 0.25) is 5.91 Å². The molecule has 0 aromatic heterocycles. The highest BCUT2D eigenvalue weighted by atomic mass is 16.5. The third kappa shape index (κ3) is 3.24. The summed E-state index contributed by atoms with van der Waals surface area (Å²) in [7, 11) is 0. The molecule has 1 unspecified atom stereocenters. The van der Waals surface area contributed by atoms with Crippen LogP contribution in [0.3, 0.4) is 0 Å². The third-order valence-corrected chi connectivity index (χ3v) is 3.55. The highest BCUT2D eigenvalue weighted by molar-refractivity contribution is 6.01. The van der Waals surface area contributed by atoms with Crippen LogP contribution in [0.5, 0.6) is 5.75 Å². The smallest absolute Gasteiger partial charge is 0.267 e. The second kappa shape index (κ2) is 5.99. The summed E-state index contributed by atoms with van der Waals surface area (Å²) in [6.07, 6.45) is 0.369. The van der Waals surface area contributed by atoms with Gasteiger partial charge in [0.05, 0.1) is 5.69 Å². The van der Waals surface area contributed by atoms with E-state index in [1.165, 1.54) is 0 Å². The van der Waals surface area contributed by atoms with E-state index in [0.29, 0.717) is 18.0 Å². The average molecular weight is 304 g/mol. The molecule has 0 saturated carbocycles. The summed E-state index contributed by atoms with van der Waals surface area (Å²) in [5, 5.41) is 2.88. The van der Waals surface area contributed by atoms with Gasteiger partial charge in [-0.3, -0.25) is 9.59 Å². The molecular formula is C17H24N2O3. The molecule has 0 aliphatic carbocycles. The van der Waals surface area contributed by atoms with Crippen LogP contribution in [0.1, 0.15) is 41.0 Å². The zero-order chi connectivity index (χ0) is 16.5. The van der Waals surface area contributed by atoms with Gasteiger partial charge in [0.25, 0.3) is 5.91 Å². The van der Waals surface area contributed by atoms with Crippen LogP contribution in [0.25, 0.3) is 0 Å². The number of carbonyl (C=O) groups is 2. The van der Waals surface area contributed by atoms with Gasteiger partial charge in [-0.15, -0.1) is 0 Å². The molecule has 1 aliphatic heterocycles. The van der Waals surface area contributed by atoms with Crippen molar-refractivity contribution >= 4 is 23.2 Å². The molecule has 1 N–H and O–H groups in total. The van der Waals surface area contributed by atoms with Crippen molar-refractivity contribution < 1.29 is 14.3 Å². The summed E-state index contributed by atoms with van der Waals surface area (Å²) in [4.78, 5) is 26.0. The fraction of sp³-hybridized carbons (Fsp3) is 0.529. The van der Waals surface area contributed by atoms with Crippen LogP contribution < -0.4 is 15.0 Å². The molecule has 0 radical (unpaired) electrons. The summed E-state index contributed by atoms with van der Waals surface area (Å²) in [6, 6.07) is 5.41. The molecule has 22 heavy (non-hydrogen) atoms. The maximum absolute atomic E-state index is 12.2. The zero-order valence-corrected chi connectivity index (χ0v) is 13.9. The Balaban J connectivity index is 2.29. The average Bonchev–Trinajstić information content (AvgIpc) is 2.42. The quantitative estimate of drug-likeness (QED) is 0.933. The molecule has 2 rings (SSSR count). The van der Waals surface area contributed by atoms with Gasteiger partial charge in [-0.25, -0.2) is 0 Å². The molecule has 0 fully saturated rings. The molecule has 1 aromatic rings. The van der Waals surface area contributed by atoms with E-state index in [0.717, 1.165) is 12.1 Å². The first-order valence-corrected chi connectivity index (χ1v) is 7.67. The highest BCUT2D eigenvalue weighted by Gasteiger charge is 2.31. The summed E-state index contributed by atoms with van der Waals surface area (Å²) >= 11 is 0. The summed E-state index contributed by atoms with van der Waals surface area (Å²) < 4.78 is 5.69. The molecule has 1 aromatic carbocycles. The number of nitrogens with one attached hydrogen (secondary N) is 1. The molecule has 5 nitrogen and oxygen atoms in total. The first kappa shape index (κ1) is 16.3. The van der Waals surface area contributed by atoms with Gasteiger partial charge in [-0.1, -0.05) is 27.7 Å². The van der Waals surface area contributed by atoms with Crippen molar-refractivity contribution in [3.63, 3.8) is 0 Å². The molecule has 1 aliphatic rings. The fourth-order valence-electron chi connectivity index (χ4n) is 2.26. The number of anilines is 2. The largest absolute Gasteiger partial charge is 0.479 e. The SMILES string of the molecule is CCCN1C(=O)C(C)Oc2cc(NC(=O)C(C)(C)C)ccc21. The number of carbonyl (C=O) groups excluding carboxylic acids is 2.